The highest BCUT2D eigenvalue weighted by Crippen LogP contribution is 2.31. The summed E-state index contributed by atoms with van der Waals surface area (Å²) in [5.41, 5.74) is 0.912. The van der Waals surface area contributed by atoms with Gasteiger partial charge in [-0.2, -0.15) is 0 Å². The van der Waals surface area contributed by atoms with Gasteiger partial charge < -0.3 is 5.32 Å². The molecule has 0 amide bonds. The second-order valence-electron chi connectivity index (χ2n) is 5.29. The van der Waals surface area contributed by atoms with Crippen molar-refractivity contribution in [2.75, 3.05) is 13.1 Å². The minimum absolute atomic E-state index is 0.199. The molecule has 2 fully saturated rings. The van der Waals surface area contributed by atoms with Crippen LogP contribution in [0.5, 0.6) is 0 Å². The molecule has 1 aromatic carbocycles. The average molecular weight is 269 g/mol. The van der Waals surface area contributed by atoms with Gasteiger partial charge in [-0.1, -0.05) is 11.6 Å². The largest absolute Gasteiger partial charge is 0.315 e. The molecule has 1 N–H and O–H groups in total. The SMILES string of the molecule is Fc1ccc(Cl)c(CN2C3CCNCC2CC3)c1. The molecule has 2 aliphatic rings. The van der Waals surface area contributed by atoms with E-state index in [9.17, 15) is 4.39 Å². The fourth-order valence-electron chi connectivity index (χ4n) is 3.20. The number of hydrogen-bond acceptors (Lipinski definition) is 2. The van der Waals surface area contributed by atoms with E-state index in [1.807, 2.05) is 0 Å². The standard InChI is InChI=1S/C14H18ClFN2/c15-14-4-1-11(16)7-10(14)9-18-12-2-3-13(18)8-17-6-5-12/h1,4,7,12-13,17H,2-3,5-6,8-9H2. The molecule has 3 rings (SSSR count). The Balaban J connectivity index is 1.81. The normalized spacial score (nSPS) is 28.3. The van der Waals surface area contributed by atoms with Gasteiger partial charge in [0.25, 0.3) is 0 Å². The first-order valence-corrected chi connectivity index (χ1v) is 7.02. The third-order valence-corrected chi connectivity index (χ3v) is 4.53. The summed E-state index contributed by atoms with van der Waals surface area (Å²) in [6.07, 6.45) is 3.69. The Morgan fingerprint density at radius 2 is 2.11 bits per heavy atom. The molecule has 98 valence electrons. The molecule has 2 nitrogen and oxygen atoms in total. The number of halogens is 2. The van der Waals surface area contributed by atoms with Crippen molar-refractivity contribution >= 4 is 11.6 Å². The molecule has 2 aliphatic heterocycles. The molecule has 2 unspecified atom stereocenters. The zero-order chi connectivity index (χ0) is 12.5. The van der Waals surface area contributed by atoms with E-state index in [2.05, 4.69) is 10.2 Å². The van der Waals surface area contributed by atoms with Gasteiger partial charge in [-0.05, 0) is 49.6 Å². The van der Waals surface area contributed by atoms with Gasteiger partial charge in [0.1, 0.15) is 5.82 Å². The van der Waals surface area contributed by atoms with Gasteiger partial charge in [0.05, 0.1) is 0 Å². The van der Waals surface area contributed by atoms with Crippen molar-refractivity contribution in [3.05, 3.63) is 34.6 Å². The van der Waals surface area contributed by atoms with E-state index in [1.165, 1.54) is 25.3 Å². The van der Waals surface area contributed by atoms with Crippen LogP contribution in [0.15, 0.2) is 18.2 Å². The van der Waals surface area contributed by atoms with Gasteiger partial charge in [0.2, 0.25) is 0 Å². The van der Waals surface area contributed by atoms with Gasteiger partial charge in [-0.25, -0.2) is 4.39 Å². The van der Waals surface area contributed by atoms with E-state index in [0.717, 1.165) is 25.2 Å². The van der Waals surface area contributed by atoms with Crippen molar-refractivity contribution in [2.24, 2.45) is 0 Å². The lowest BCUT2D eigenvalue weighted by atomic mass is 10.1. The third-order valence-electron chi connectivity index (χ3n) is 4.17. The molecule has 2 atom stereocenters. The summed E-state index contributed by atoms with van der Waals surface area (Å²) < 4.78 is 13.3. The van der Waals surface area contributed by atoms with Gasteiger partial charge in [0.15, 0.2) is 0 Å². The second kappa shape index (κ2) is 5.16. The molecule has 2 saturated heterocycles. The lowest BCUT2D eigenvalue weighted by molar-refractivity contribution is 0.193. The minimum atomic E-state index is -0.199. The average Bonchev–Trinajstić information content (AvgIpc) is 2.58. The van der Waals surface area contributed by atoms with E-state index in [4.69, 9.17) is 11.6 Å². The Morgan fingerprint density at radius 3 is 3.00 bits per heavy atom. The number of hydrogen-bond donors (Lipinski definition) is 1. The topological polar surface area (TPSA) is 15.3 Å². The molecule has 2 bridgehead atoms. The number of nitrogens with one attached hydrogen (secondary N) is 1. The quantitative estimate of drug-likeness (QED) is 0.887. The van der Waals surface area contributed by atoms with Crippen LogP contribution in [0.25, 0.3) is 0 Å². The van der Waals surface area contributed by atoms with Crippen molar-refractivity contribution < 1.29 is 4.39 Å². The Labute approximate surface area is 112 Å². The van der Waals surface area contributed by atoms with Crippen LogP contribution in [0.3, 0.4) is 0 Å². The zero-order valence-electron chi connectivity index (χ0n) is 10.3. The van der Waals surface area contributed by atoms with Crippen molar-refractivity contribution in [1.82, 2.24) is 10.2 Å². The summed E-state index contributed by atoms with van der Waals surface area (Å²) in [6.45, 7) is 2.91. The van der Waals surface area contributed by atoms with E-state index in [1.54, 1.807) is 12.1 Å². The Hall–Kier alpha value is -0.640. The van der Waals surface area contributed by atoms with Gasteiger partial charge >= 0.3 is 0 Å². The first-order chi connectivity index (χ1) is 8.74. The van der Waals surface area contributed by atoms with Gasteiger partial charge in [-0.3, -0.25) is 4.90 Å². The highest BCUT2D eigenvalue weighted by atomic mass is 35.5. The predicted molar refractivity (Wildman–Crippen MR) is 71.2 cm³/mol. The van der Waals surface area contributed by atoms with E-state index < -0.39 is 0 Å². The summed E-state index contributed by atoms with van der Waals surface area (Å²) >= 11 is 6.16. The molecular weight excluding hydrogens is 251 g/mol. The lowest BCUT2D eigenvalue weighted by Gasteiger charge is -2.28. The molecule has 4 heteroatoms. The van der Waals surface area contributed by atoms with Crippen LogP contribution in [0.2, 0.25) is 5.02 Å². The molecule has 0 spiro atoms. The van der Waals surface area contributed by atoms with Crippen LogP contribution in [-0.4, -0.2) is 30.1 Å². The fourth-order valence-corrected chi connectivity index (χ4v) is 3.38. The third kappa shape index (κ3) is 2.40. The zero-order valence-corrected chi connectivity index (χ0v) is 11.1. The van der Waals surface area contributed by atoms with Crippen LogP contribution < -0.4 is 5.32 Å². The molecule has 2 heterocycles. The van der Waals surface area contributed by atoms with Crippen molar-refractivity contribution in [1.29, 1.82) is 0 Å². The van der Waals surface area contributed by atoms with Crippen LogP contribution in [0.1, 0.15) is 24.8 Å². The number of benzene rings is 1. The van der Waals surface area contributed by atoms with Crippen LogP contribution in [0.4, 0.5) is 4.39 Å². The van der Waals surface area contributed by atoms with Crippen LogP contribution in [-0.2, 0) is 6.54 Å². The number of fused-ring (bicyclic) bond motifs is 2. The maximum atomic E-state index is 13.3. The molecule has 0 radical (unpaired) electrons. The fraction of sp³-hybridized carbons (Fsp3) is 0.571. The summed E-state index contributed by atoms with van der Waals surface area (Å²) in [4.78, 5) is 2.50. The van der Waals surface area contributed by atoms with Gasteiger partial charge in [0, 0.05) is 30.2 Å². The Bertz CT molecular complexity index is 424. The summed E-state index contributed by atoms with van der Waals surface area (Å²) in [7, 11) is 0. The first-order valence-electron chi connectivity index (χ1n) is 6.64. The van der Waals surface area contributed by atoms with Gasteiger partial charge in [-0.15, -0.1) is 0 Å². The Morgan fingerprint density at radius 1 is 1.28 bits per heavy atom. The highest BCUT2D eigenvalue weighted by Gasteiger charge is 2.34. The second-order valence-corrected chi connectivity index (χ2v) is 5.69. The summed E-state index contributed by atoms with van der Waals surface area (Å²) in [6, 6.07) is 5.86. The maximum Gasteiger partial charge on any atom is 0.123 e. The van der Waals surface area contributed by atoms with E-state index >= 15 is 0 Å². The maximum absolute atomic E-state index is 13.3. The summed E-state index contributed by atoms with van der Waals surface area (Å²) in [5.74, 6) is -0.199. The molecule has 1 aromatic rings. The molecule has 18 heavy (non-hydrogen) atoms. The first kappa shape index (κ1) is 12.4. The predicted octanol–water partition coefficient (Wildman–Crippen LogP) is 2.81. The molecular formula is C14H18ClFN2. The van der Waals surface area contributed by atoms with Crippen LogP contribution in [0, 0.1) is 5.82 Å². The monoisotopic (exact) mass is 268 g/mol. The highest BCUT2D eigenvalue weighted by molar-refractivity contribution is 6.31. The van der Waals surface area contributed by atoms with Crippen LogP contribution >= 0.6 is 11.6 Å². The van der Waals surface area contributed by atoms with Crippen molar-refractivity contribution in [2.45, 2.75) is 37.9 Å². The lowest BCUT2D eigenvalue weighted by Crippen LogP contribution is -2.37. The van der Waals surface area contributed by atoms with Crippen molar-refractivity contribution in [3.8, 4) is 0 Å². The molecule has 0 aliphatic carbocycles. The number of rotatable bonds is 2. The minimum Gasteiger partial charge on any atom is -0.315 e. The Kier molecular flexibility index (Phi) is 3.55. The molecule has 0 saturated carbocycles. The summed E-state index contributed by atoms with van der Waals surface area (Å²) in [5, 5.41) is 4.15. The van der Waals surface area contributed by atoms with E-state index in [-0.39, 0.29) is 5.82 Å². The smallest absolute Gasteiger partial charge is 0.123 e. The number of nitrogens with zero attached hydrogens (tertiary/aromatic N) is 1. The molecule has 0 aromatic heterocycles. The van der Waals surface area contributed by atoms with Crippen molar-refractivity contribution in [3.63, 3.8) is 0 Å². The van der Waals surface area contributed by atoms with E-state index in [0.29, 0.717) is 17.1 Å².